The molecule has 3 aliphatic rings. The molecule has 4 heterocycles. The van der Waals surface area contributed by atoms with Gasteiger partial charge in [-0.3, -0.25) is 4.79 Å². The minimum Gasteiger partial charge on any atom is -0.506 e. The molecule has 0 radical (unpaired) electrons. The van der Waals surface area contributed by atoms with Gasteiger partial charge in [-0.25, -0.2) is 14.2 Å². The Hall–Kier alpha value is -3.28. The lowest BCUT2D eigenvalue weighted by Gasteiger charge is -2.40. The van der Waals surface area contributed by atoms with Gasteiger partial charge in [0.2, 0.25) is 0 Å². The molecule has 2 saturated heterocycles. The van der Waals surface area contributed by atoms with Crippen molar-refractivity contribution in [2.45, 2.75) is 39.3 Å². The summed E-state index contributed by atoms with van der Waals surface area (Å²) in [5, 5.41) is 10.5. The molecule has 5 rings (SSSR count). The van der Waals surface area contributed by atoms with Gasteiger partial charge in [-0.15, -0.1) is 0 Å². The van der Waals surface area contributed by atoms with Crippen molar-refractivity contribution < 1.29 is 28.6 Å². The fourth-order valence-corrected chi connectivity index (χ4v) is 5.66. The van der Waals surface area contributed by atoms with Gasteiger partial charge in [0.1, 0.15) is 45.5 Å². The number of carbonyl (C=O) groups excluding carboxylic acids is 2. The van der Waals surface area contributed by atoms with Crippen LogP contribution in [0.25, 0.3) is 11.3 Å². The highest BCUT2D eigenvalue weighted by Crippen LogP contribution is 2.47. The first-order chi connectivity index (χ1) is 19.3. The lowest BCUT2D eigenvalue weighted by Crippen LogP contribution is -2.52. The van der Waals surface area contributed by atoms with Crippen molar-refractivity contribution in [1.82, 2.24) is 19.7 Å². The molecule has 1 atom stereocenters. The van der Waals surface area contributed by atoms with Crippen LogP contribution in [0.5, 0.6) is 11.5 Å². The summed E-state index contributed by atoms with van der Waals surface area (Å²) >= 11 is 12.9. The van der Waals surface area contributed by atoms with Crippen molar-refractivity contribution in [2.75, 3.05) is 51.2 Å². The van der Waals surface area contributed by atoms with Gasteiger partial charge in [-0.1, -0.05) is 23.2 Å². The molecule has 2 amide bonds. The van der Waals surface area contributed by atoms with Crippen LogP contribution >= 0.6 is 23.2 Å². The van der Waals surface area contributed by atoms with E-state index in [1.807, 2.05) is 18.9 Å². The predicted molar refractivity (Wildman–Crippen MR) is 153 cm³/mol. The Morgan fingerprint density at radius 1 is 1.17 bits per heavy atom. The van der Waals surface area contributed by atoms with E-state index in [4.69, 9.17) is 37.7 Å². The third-order valence-electron chi connectivity index (χ3n) is 7.21. The smallest absolute Gasteiger partial charge is 0.410 e. The van der Waals surface area contributed by atoms with E-state index in [1.54, 1.807) is 20.8 Å². The van der Waals surface area contributed by atoms with E-state index in [0.29, 0.717) is 25.3 Å². The average Bonchev–Trinajstić information content (AvgIpc) is 3.04. The normalized spacial score (nSPS) is 19.7. The zero-order valence-electron chi connectivity index (χ0n) is 23.5. The molecule has 220 valence electrons. The highest BCUT2D eigenvalue weighted by molar-refractivity contribution is 6.36. The van der Waals surface area contributed by atoms with Crippen molar-refractivity contribution >= 4 is 41.0 Å². The maximum atomic E-state index is 15.1. The summed E-state index contributed by atoms with van der Waals surface area (Å²) in [5.41, 5.74) is -0.538. The molecule has 13 heteroatoms. The van der Waals surface area contributed by atoms with Gasteiger partial charge in [0.05, 0.1) is 22.8 Å². The van der Waals surface area contributed by atoms with E-state index < -0.39 is 29.2 Å². The Labute approximate surface area is 247 Å². The first-order valence-electron chi connectivity index (χ1n) is 13.3. The molecule has 0 unspecified atom stereocenters. The fourth-order valence-electron chi connectivity index (χ4n) is 5.23. The number of aromatic hydroxyl groups is 1. The molecule has 41 heavy (non-hydrogen) atoms. The molecule has 2 fully saturated rings. The van der Waals surface area contributed by atoms with Crippen LogP contribution in [0.2, 0.25) is 10.0 Å². The number of carbonyl (C=O) groups is 2. The van der Waals surface area contributed by atoms with E-state index in [0.717, 1.165) is 6.07 Å². The highest BCUT2D eigenvalue weighted by Gasteiger charge is 2.40. The number of phenolic OH excluding ortho intramolecular Hbond substituents is 1. The van der Waals surface area contributed by atoms with Crippen LogP contribution in [0.1, 0.15) is 38.1 Å². The molecular weight excluding hydrogens is 576 g/mol. The number of phenols is 1. The van der Waals surface area contributed by atoms with Crippen molar-refractivity contribution in [3.8, 4) is 22.8 Å². The largest absolute Gasteiger partial charge is 0.506 e. The second-order valence-electron chi connectivity index (χ2n) is 11.4. The Bertz CT molecular complexity index is 1450. The van der Waals surface area contributed by atoms with Gasteiger partial charge in [0.15, 0.2) is 5.75 Å². The number of hydrogen-bond acceptors (Lipinski definition) is 8. The number of likely N-dealkylation sites (N-methyl/N-ethyl adjacent to an activating group) is 1. The first kappa shape index (κ1) is 29.2. The monoisotopic (exact) mass is 607 g/mol. The van der Waals surface area contributed by atoms with Gasteiger partial charge in [0, 0.05) is 38.8 Å². The van der Waals surface area contributed by atoms with Crippen molar-refractivity contribution in [1.29, 1.82) is 0 Å². The maximum Gasteiger partial charge on any atom is 0.410 e. The molecular formula is C28H32Cl2FN5O5. The number of benzene rings is 1. The minimum absolute atomic E-state index is 0.0210. The van der Waals surface area contributed by atoms with Crippen LogP contribution < -0.4 is 9.64 Å². The van der Waals surface area contributed by atoms with Gasteiger partial charge in [0.25, 0.3) is 5.91 Å². The van der Waals surface area contributed by atoms with Crippen LogP contribution in [0, 0.1) is 5.82 Å². The molecule has 1 N–H and O–H groups in total. The summed E-state index contributed by atoms with van der Waals surface area (Å²) in [6.45, 7) is 9.76. The number of halogens is 3. The van der Waals surface area contributed by atoms with E-state index in [1.165, 1.54) is 22.1 Å². The number of ether oxygens (including phenoxy) is 2. The first-order valence-corrected chi connectivity index (χ1v) is 14.0. The maximum absolute atomic E-state index is 15.1. The van der Waals surface area contributed by atoms with Gasteiger partial charge in [-0.05, 0) is 46.9 Å². The summed E-state index contributed by atoms with van der Waals surface area (Å²) in [6, 6.07) is 2.28. The SMILES string of the molecule is C[C@H]1CN(C)CCN1c1nc(-c2c(F)ccc(Cl)c2O)c(Cl)c2c1C(=O)N1CCN(C(=O)OC(C)(C)C)CC1=CO2. The summed E-state index contributed by atoms with van der Waals surface area (Å²) in [4.78, 5) is 38.8. The van der Waals surface area contributed by atoms with Gasteiger partial charge >= 0.3 is 6.09 Å². The zero-order valence-corrected chi connectivity index (χ0v) is 25.0. The molecule has 0 aliphatic carbocycles. The van der Waals surface area contributed by atoms with E-state index in [2.05, 4.69) is 4.90 Å². The Kier molecular flexibility index (Phi) is 7.73. The number of anilines is 1. The third-order valence-corrected chi connectivity index (χ3v) is 7.87. The van der Waals surface area contributed by atoms with Crippen LogP contribution in [-0.4, -0.2) is 94.7 Å². The van der Waals surface area contributed by atoms with E-state index >= 15 is 4.39 Å². The van der Waals surface area contributed by atoms with E-state index in [-0.39, 0.29) is 64.1 Å². The number of amides is 2. The van der Waals surface area contributed by atoms with Crippen LogP contribution in [0.3, 0.4) is 0 Å². The highest BCUT2D eigenvalue weighted by atomic mass is 35.5. The molecule has 3 aliphatic heterocycles. The summed E-state index contributed by atoms with van der Waals surface area (Å²) in [6.07, 6.45) is 0.856. The minimum atomic E-state index is -0.789. The van der Waals surface area contributed by atoms with Gasteiger partial charge < -0.3 is 34.2 Å². The number of hydrogen-bond donors (Lipinski definition) is 1. The molecule has 1 aromatic heterocycles. The quantitative estimate of drug-likeness (QED) is 0.511. The second-order valence-corrected chi connectivity index (χ2v) is 12.2. The lowest BCUT2D eigenvalue weighted by molar-refractivity contribution is 0.0191. The lowest BCUT2D eigenvalue weighted by atomic mass is 10.0. The molecule has 2 aromatic rings. The van der Waals surface area contributed by atoms with Crippen molar-refractivity contribution in [3.05, 3.63) is 45.5 Å². The molecule has 1 aromatic carbocycles. The Morgan fingerprint density at radius 3 is 2.59 bits per heavy atom. The Morgan fingerprint density at radius 2 is 1.90 bits per heavy atom. The molecule has 10 nitrogen and oxygen atoms in total. The number of rotatable bonds is 2. The number of pyridine rings is 1. The molecule has 0 spiro atoms. The fraction of sp³-hybridized carbons (Fsp3) is 0.464. The topological polar surface area (TPSA) is 98.7 Å². The zero-order chi connectivity index (χ0) is 29.8. The van der Waals surface area contributed by atoms with Crippen molar-refractivity contribution in [3.63, 3.8) is 0 Å². The number of piperazine rings is 2. The second kappa shape index (κ2) is 10.8. The standard InChI is InChI=1S/C28H32Cl2FN5O5/c1-15-12-33(5)8-10-35(15)25-20-24(21(30)22(32-25)19-18(31)7-6-17(29)23(19)37)40-14-16-13-34(9-11-36(16)26(20)38)27(39)41-28(2,3)4/h6-7,14-15,37H,8-13H2,1-5H3/t15-/m0/s1. The molecule has 0 bridgehead atoms. The third kappa shape index (κ3) is 5.50. The van der Waals surface area contributed by atoms with Crippen LogP contribution in [0.4, 0.5) is 15.0 Å². The Balaban J connectivity index is 1.64. The van der Waals surface area contributed by atoms with Gasteiger partial charge in [-0.2, -0.15) is 0 Å². The molecule has 0 saturated carbocycles. The number of nitrogens with zero attached hydrogens (tertiary/aromatic N) is 5. The number of aromatic nitrogens is 1. The van der Waals surface area contributed by atoms with Crippen LogP contribution in [-0.2, 0) is 4.74 Å². The summed E-state index contributed by atoms with van der Waals surface area (Å²) < 4.78 is 26.7. The average molecular weight is 608 g/mol. The predicted octanol–water partition coefficient (Wildman–Crippen LogP) is 4.97. The summed E-state index contributed by atoms with van der Waals surface area (Å²) in [5.74, 6) is -1.49. The van der Waals surface area contributed by atoms with E-state index in [9.17, 15) is 14.7 Å². The summed E-state index contributed by atoms with van der Waals surface area (Å²) in [7, 11) is 2.00. The van der Waals surface area contributed by atoms with Crippen molar-refractivity contribution in [2.24, 2.45) is 0 Å². The number of fused-ring (bicyclic) bond motifs is 2. The van der Waals surface area contributed by atoms with Crippen LogP contribution in [0.15, 0.2) is 24.1 Å².